The number of aromatic nitrogens is 2. The van der Waals surface area contributed by atoms with E-state index in [0.717, 1.165) is 5.56 Å². The van der Waals surface area contributed by atoms with Gasteiger partial charge >= 0.3 is 5.97 Å². The fourth-order valence-corrected chi connectivity index (χ4v) is 2.19. The molecule has 0 aliphatic carbocycles. The maximum atomic E-state index is 12.2. The number of rotatable bonds is 3. The number of hydrogen-bond acceptors (Lipinski definition) is 5. The number of nitrogens with two attached hydrogens (primary N) is 1. The lowest BCUT2D eigenvalue weighted by molar-refractivity contribution is 0.0522. The summed E-state index contributed by atoms with van der Waals surface area (Å²) in [4.78, 5) is 21.1. The van der Waals surface area contributed by atoms with Gasteiger partial charge in [0.1, 0.15) is 0 Å². The first kappa shape index (κ1) is 14.0. The Kier molecular flexibility index (Phi) is 3.70. The van der Waals surface area contributed by atoms with E-state index in [2.05, 4.69) is 9.97 Å². The van der Waals surface area contributed by atoms with Gasteiger partial charge in [0.25, 0.3) is 0 Å². The van der Waals surface area contributed by atoms with Gasteiger partial charge < -0.3 is 10.5 Å². The highest BCUT2D eigenvalue weighted by molar-refractivity contribution is 6.02. The second kappa shape index (κ2) is 5.81. The smallest absolute Gasteiger partial charge is 0.357 e. The van der Waals surface area contributed by atoms with Crippen molar-refractivity contribution in [2.75, 3.05) is 12.3 Å². The van der Waals surface area contributed by atoms with E-state index in [1.807, 2.05) is 36.4 Å². The Hall–Kier alpha value is -2.95. The molecule has 5 nitrogen and oxygen atoms in total. The molecule has 0 radical (unpaired) electrons. The summed E-state index contributed by atoms with van der Waals surface area (Å²) in [6, 6.07) is 14.6. The van der Waals surface area contributed by atoms with E-state index in [0.29, 0.717) is 29.0 Å². The monoisotopic (exact) mass is 293 g/mol. The van der Waals surface area contributed by atoms with Crippen LogP contribution in [-0.4, -0.2) is 22.5 Å². The number of carbonyl (C=O) groups excluding carboxylic acids is 1. The average Bonchev–Trinajstić information content (AvgIpc) is 2.54. The lowest BCUT2D eigenvalue weighted by Crippen LogP contribution is -2.09. The molecule has 1 aromatic heterocycles. The van der Waals surface area contributed by atoms with Gasteiger partial charge in [-0.05, 0) is 37.3 Å². The van der Waals surface area contributed by atoms with Crippen molar-refractivity contribution in [1.29, 1.82) is 0 Å². The zero-order chi connectivity index (χ0) is 15.5. The minimum Gasteiger partial charge on any atom is -0.461 e. The molecule has 2 aromatic carbocycles. The van der Waals surface area contributed by atoms with Gasteiger partial charge in [-0.1, -0.05) is 18.2 Å². The summed E-state index contributed by atoms with van der Waals surface area (Å²) >= 11 is 0. The van der Waals surface area contributed by atoms with Gasteiger partial charge in [-0.2, -0.15) is 0 Å². The molecule has 22 heavy (non-hydrogen) atoms. The molecule has 2 N–H and O–H groups in total. The highest BCUT2D eigenvalue weighted by atomic mass is 16.5. The Morgan fingerprint density at radius 3 is 2.55 bits per heavy atom. The molecule has 0 unspecified atom stereocenters. The van der Waals surface area contributed by atoms with Crippen LogP contribution in [0.3, 0.4) is 0 Å². The summed E-state index contributed by atoms with van der Waals surface area (Å²) in [5.74, 6) is 0.0274. The van der Waals surface area contributed by atoms with Crippen LogP contribution in [0.15, 0.2) is 48.5 Å². The molecule has 0 atom stereocenters. The van der Waals surface area contributed by atoms with Crippen molar-refractivity contribution in [3.05, 3.63) is 54.2 Å². The highest BCUT2D eigenvalue weighted by Crippen LogP contribution is 2.23. The molecule has 0 saturated carbocycles. The van der Waals surface area contributed by atoms with Crippen LogP contribution in [0.1, 0.15) is 17.4 Å². The maximum Gasteiger partial charge on any atom is 0.357 e. The number of esters is 1. The zero-order valence-electron chi connectivity index (χ0n) is 12.1. The summed E-state index contributed by atoms with van der Waals surface area (Å²) in [6.07, 6.45) is 0. The number of ether oxygens (including phenoxy) is 1. The van der Waals surface area contributed by atoms with Gasteiger partial charge in [-0.25, -0.2) is 14.8 Å². The van der Waals surface area contributed by atoms with Crippen LogP contribution in [0.4, 0.5) is 5.69 Å². The second-order valence-corrected chi connectivity index (χ2v) is 4.76. The van der Waals surface area contributed by atoms with E-state index in [1.165, 1.54) is 0 Å². The molecule has 0 amide bonds. The van der Waals surface area contributed by atoms with Gasteiger partial charge in [0.15, 0.2) is 11.5 Å². The summed E-state index contributed by atoms with van der Waals surface area (Å²) in [6.45, 7) is 2.07. The van der Waals surface area contributed by atoms with E-state index in [1.54, 1.807) is 19.1 Å². The summed E-state index contributed by atoms with van der Waals surface area (Å²) in [5.41, 5.74) is 8.14. The van der Waals surface area contributed by atoms with Gasteiger partial charge in [0.2, 0.25) is 0 Å². The number of fused-ring (bicyclic) bond motifs is 1. The van der Waals surface area contributed by atoms with E-state index in [-0.39, 0.29) is 5.69 Å². The second-order valence-electron chi connectivity index (χ2n) is 4.76. The SMILES string of the molecule is CCOC(=O)c1nc(-c2ccc(N)cc2)nc2ccccc12. The van der Waals surface area contributed by atoms with Crippen molar-refractivity contribution in [1.82, 2.24) is 9.97 Å². The first-order valence-electron chi connectivity index (χ1n) is 6.99. The van der Waals surface area contributed by atoms with E-state index >= 15 is 0 Å². The van der Waals surface area contributed by atoms with Gasteiger partial charge in [-0.3, -0.25) is 0 Å². The Bertz CT molecular complexity index is 829. The lowest BCUT2D eigenvalue weighted by atomic mass is 10.1. The van der Waals surface area contributed by atoms with Crippen molar-refractivity contribution in [3.63, 3.8) is 0 Å². The number of carbonyl (C=O) groups is 1. The van der Waals surface area contributed by atoms with Crippen molar-refractivity contribution >= 4 is 22.6 Å². The minimum absolute atomic E-state index is 0.277. The van der Waals surface area contributed by atoms with E-state index < -0.39 is 5.97 Å². The summed E-state index contributed by atoms with van der Waals surface area (Å²) < 4.78 is 5.10. The molecular formula is C17H15N3O2. The summed E-state index contributed by atoms with van der Waals surface area (Å²) in [7, 11) is 0. The predicted molar refractivity (Wildman–Crippen MR) is 85.3 cm³/mol. The third kappa shape index (κ3) is 2.61. The number of para-hydroxylation sites is 1. The quantitative estimate of drug-likeness (QED) is 0.593. The molecule has 0 fully saturated rings. The van der Waals surface area contributed by atoms with Crippen LogP contribution in [0.25, 0.3) is 22.3 Å². The topological polar surface area (TPSA) is 78.1 Å². The third-order valence-corrected chi connectivity index (χ3v) is 3.24. The molecule has 3 aromatic rings. The number of nitrogens with zero attached hydrogens (tertiary/aromatic N) is 2. The number of benzene rings is 2. The fraction of sp³-hybridized carbons (Fsp3) is 0.118. The van der Waals surface area contributed by atoms with Crippen molar-refractivity contribution in [3.8, 4) is 11.4 Å². The molecule has 1 heterocycles. The van der Waals surface area contributed by atoms with E-state index in [9.17, 15) is 4.79 Å². The minimum atomic E-state index is -0.446. The standard InChI is InChI=1S/C17H15N3O2/c1-2-22-17(21)15-13-5-3-4-6-14(13)19-16(20-15)11-7-9-12(18)10-8-11/h3-10H,2,18H2,1H3. The maximum absolute atomic E-state index is 12.2. The normalized spacial score (nSPS) is 10.6. The van der Waals surface area contributed by atoms with Crippen LogP contribution in [-0.2, 0) is 4.74 Å². The average molecular weight is 293 g/mol. The Balaban J connectivity index is 2.20. The number of hydrogen-bond donors (Lipinski definition) is 1. The van der Waals surface area contributed by atoms with Crippen molar-refractivity contribution < 1.29 is 9.53 Å². The third-order valence-electron chi connectivity index (χ3n) is 3.24. The van der Waals surface area contributed by atoms with Gasteiger partial charge in [0.05, 0.1) is 12.1 Å². The first-order chi connectivity index (χ1) is 10.7. The Morgan fingerprint density at radius 1 is 1.09 bits per heavy atom. The van der Waals surface area contributed by atoms with E-state index in [4.69, 9.17) is 10.5 Å². The summed E-state index contributed by atoms with van der Waals surface area (Å²) in [5, 5.41) is 0.681. The van der Waals surface area contributed by atoms with Gasteiger partial charge in [0, 0.05) is 16.6 Å². The molecule has 3 rings (SSSR count). The van der Waals surface area contributed by atoms with Crippen LogP contribution in [0.5, 0.6) is 0 Å². The highest BCUT2D eigenvalue weighted by Gasteiger charge is 2.16. The molecule has 0 spiro atoms. The fourth-order valence-electron chi connectivity index (χ4n) is 2.19. The van der Waals surface area contributed by atoms with Crippen LogP contribution < -0.4 is 5.73 Å². The first-order valence-corrected chi connectivity index (χ1v) is 6.99. The molecule has 5 heteroatoms. The molecule has 0 bridgehead atoms. The predicted octanol–water partition coefficient (Wildman–Crippen LogP) is 3.06. The van der Waals surface area contributed by atoms with Crippen LogP contribution >= 0.6 is 0 Å². The molecule has 0 aliphatic heterocycles. The molecule has 110 valence electrons. The Morgan fingerprint density at radius 2 is 1.82 bits per heavy atom. The Labute approximate surface area is 127 Å². The van der Waals surface area contributed by atoms with Crippen molar-refractivity contribution in [2.45, 2.75) is 6.92 Å². The number of anilines is 1. The molecule has 0 aliphatic rings. The number of nitrogen functional groups attached to an aromatic ring is 1. The van der Waals surface area contributed by atoms with Crippen LogP contribution in [0, 0.1) is 0 Å². The largest absolute Gasteiger partial charge is 0.461 e. The van der Waals surface area contributed by atoms with Gasteiger partial charge in [-0.15, -0.1) is 0 Å². The molecule has 0 saturated heterocycles. The lowest BCUT2D eigenvalue weighted by Gasteiger charge is -2.08. The van der Waals surface area contributed by atoms with Crippen molar-refractivity contribution in [2.24, 2.45) is 0 Å². The molecular weight excluding hydrogens is 278 g/mol. The van der Waals surface area contributed by atoms with Crippen LogP contribution in [0.2, 0.25) is 0 Å². The zero-order valence-corrected chi connectivity index (χ0v) is 12.1.